The first-order valence-electron chi connectivity index (χ1n) is 14.6. The van der Waals surface area contributed by atoms with Gasteiger partial charge in [0, 0.05) is 6.61 Å². The van der Waals surface area contributed by atoms with Crippen LogP contribution in [0.25, 0.3) is 0 Å². The van der Waals surface area contributed by atoms with Crippen LogP contribution in [0.3, 0.4) is 0 Å². The van der Waals surface area contributed by atoms with Crippen molar-refractivity contribution in [2.24, 2.45) is 45.3 Å². The monoisotopic (exact) mass is 474 g/mol. The first kappa shape index (κ1) is 24.2. The van der Waals surface area contributed by atoms with E-state index in [1.165, 1.54) is 51.4 Å². The van der Waals surface area contributed by atoms with Gasteiger partial charge in [0.05, 0.1) is 23.9 Å². The van der Waals surface area contributed by atoms with Crippen LogP contribution in [0, 0.1) is 45.3 Å². The molecule has 2 spiro atoms. The van der Waals surface area contributed by atoms with Crippen molar-refractivity contribution < 1.29 is 19.7 Å². The topological polar surface area (TPSA) is 58.9 Å². The lowest BCUT2D eigenvalue weighted by Crippen LogP contribution is -2.54. The second-order valence-corrected chi connectivity index (χ2v) is 14.9. The Bertz CT molecular complexity index is 817. The van der Waals surface area contributed by atoms with Gasteiger partial charge in [0.15, 0.2) is 0 Å². The molecule has 1 saturated heterocycles. The van der Waals surface area contributed by atoms with Crippen molar-refractivity contribution in [3.8, 4) is 0 Å². The number of aliphatic hydroxyl groups is 2. The van der Waals surface area contributed by atoms with Crippen LogP contribution in [0.4, 0.5) is 0 Å². The van der Waals surface area contributed by atoms with E-state index >= 15 is 0 Å². The van der Waals surface area contributed by atoms with Crippen molar-refractivity contribution in [2.45, 2.75) is 136 Å². The molecule has 5 aliphatic carbocycles. The predicted molar refractivity (Wildman–Crippen MR) is 133 cm³/mol. The minimum absolute atomic E-state index is 0.00236. The molecular formula is C30H50O4. The van der Waals surface area contributed by atoms with E-state index in [4.69, 9.17) is 9.47 Å². The summed E-state index contributed by atoms with van der Waals surface area (Å²) in [5, 5.41) is 21.7. The fraction of sp³-hybridized carbons (Fsp3) is 1.00. The summed E-state index contributed by atoms with van der Waals surface area (Å²) in [5.74, 6) is 2.98. The van der Waals surface area contributed by atoms with E-state index in [9.17, 15) is 10.2 Å². The SMILES string of the molecule is CCO[C@@H](C1CCC2C(CC3C4CCC5C(C)(C)[C@@H](O)CCC56CC46CC[C@]23C)O1)C(C)(C)O. The van der Waals surface area contributed by atoms with Gasteiger partial charge in [-0.25, -0.2) is 0 Å². The van der Waals surface area contributed by atoms with E-state index in [0.29, 0.717) is 40.8 Å². The Balaban J connectivity index is 1.25. The Morgan fingerprint density at radius 2 is 1.68 bits per heavy atom. The smallest absolute Gasteiger partial charge is 0.112 e. The minimum atomic E-state index is -0.885. The number of fused-ring (bicyclic) bond motifs is 4. The molecule has 11 atom stereocenters. The molecule has 8 unspecified atom stereocenters. The summed E-state index contributed by atoms with van der Waals surface area (Å²) in [4.78, 5) is 0. The van der Waals surface area contributed by atoms with Crippen LogP contribution in [0.1, 0.15) is 106 Å². The zero-order valence-electron chi connectivity index (χ0n) is 22.6. The van der Waals surface area contributed by atoms with E-state index in [2.05, 4.69) is 20.8 Å². The molecule has 194 valence electrons. The van der Waals surface area contributed by atoms with Crippen molar-refractivity contribution in [3.63, 3.8) is 0 Å². The van der Waals surface area contributed by atoms with Crippen LogP contribution in [0.5, 0.6) is 0 Å². The molecule has 0 aromatic heterocycles. The van der Waals surface area contributed by atoms with Gasteiger partial charge in [0.2, 0.25) is 0 Å². The summed E-state index contributed by atoms with van der Waals surface area (Å²) in [7, 11) is 0. The molecule has 0 aromatic rings. The highest BCUT2D eigenvalue weighted by molar-refractivity contribution is 5.29. The number of ether oxygens (including phenoxy) is 2. The number of hydrogen-bond acceptors (Lipinski definition) is 4. The van der Waals surface area contributed by atoms with E-state index in [-0.39, 0.29) is 23.7 Å². The van der Waals surface area contributed by atoms with Crippen LogP contribution in [0.2, 0.25) is 0 Å². The summed E-state index contributed by atoms with van der Waals surface area (Å²) < 4.78 is 12.9. The van der Waals surface area contributed by atoms with Crippen molar-refractivity contribution in [1.29, 1.82) is 0 Å². The normalized spacial score (nSPS) is 54.2. The summed E-state index contributed by atoms with van der Waals surface area (Å²) in [5.41, 5.74) is 0.647. The molecular weight excluding hydrogens is 424 g/mol. The van der Waals surface area contributed by atoms with Gasteiger partial charge < -0.3 is 19.7 Å². The van der Waals surface area contributed by atoms with Crippen LogP contribution >= 0.6 is 0 Å². The van der Waals surface area contributed by atoms with Gasteiger partial charge in [0.25, 0.3) is 0 Å². The van der Waals surface area contributed by atoms with Crippen molar-refractivity contribution in [2.75, 3.05) is 6.61 Å². The van der Waals surface area contributed by atoms with E-state index in [1.54, 1.807) is 0 Å². The van der Waals surface area contributed by atoms with Gasteiger partial charge in [0.1, 0.15) is 6.10 Å². The van der Waals surface area contributed by atoms with Gasteiger partial charge in [-0.15, -0.1) is 0 Å². The quantitative estimate of drug-likeness (QED) is 0.546. The van der Waals surface area contributed by atoms with E-state index in [1.807, 2.05) is 20.8 Å². The number of aliphatic hydroxyl groups excluding tert-OH is 1. The molecule has 0 amide bonds. The Kier molecular flexibility index (Phi) is 5.30. The summed E-state index contributed by atoms with van der Waals surface area (Å²) in [6.45, 7) is 13.7. The van der Waals surface area contributed by atoms with E-state index in [0.717, 1.165) is 24.7 Å². The summed E-state index contributed by atoms with van der Waals surface area (Å²) in [6, 6.07) is 0. The van der Waals surface area contributed by atoms with Crippen LogP contribution in [0.15, 0.2) is 0 Å². The maximum atomic E-state index is 10.9. The molecule has 6 fully saturated rings. The second kappa shape index (κ2) is 7.45. The number of rotatable bonds is 4. The lowest BCUT2D eigenvalue weighted by Gasteiger charge is -2.59. The third-order valence-corrected chi connectivity index (χ3v) is 13.0. The lowest BCUT2D eigenvalue weighted by molar-refractivity contribution is -0.193. The van der Waals surface area contributed by atoms with Crippen molar-refractivity contribution in [1.82, 2.24) is 0 Å². The molecule has 34 heavy (non-hydrogen) atoms. The van der Waals surface area contributed by atoms with Crippen LogP contribution < -0.4 is 0 Å². The zero-order chi connectivity index (χ0) is 24.3. The second-order valence-electron chi connectivity index (χ2n) is 14.9. The standard InChI is InChI=1S/C30H50O4/c1-7-33-25(27(4,5)32)21-10-8-19-22(34-21)16-20-18-9-11-23-26(2,3)24(31)12-13-30(23)17-29(18,30)15-14-28(19,20)6/h18-25,31-32H,7-17H2,1-6H3/t18?,19?,20?,21?,22?,23?,24-,25-,28+,29?,30?/m0/s1. The van der Waals surface area contributed by atoms with Gasteiger partial charge in [-0.2, -0.15) is 0 Å². The van der Waals surface area contributed by atoms with Gasteiger partial charge in [-0.1, -0.05) is 20.8 Å². The summed E-state index contributed by atoms with van der Waals surface area (Å²) >= 11 is 0. The van der Waals surface area contributed by atoms with Crippen LogP contribution in [-0.2, 0) is 9.47 Å². The van der Waals surface area contributed by atoms with Gasteiger partial charge in [-0.05, 0) is 130 Å². The predicted octanol–water partition coefficient (Wildman–Crippen LogP) is 5.73. The summed E-state index contributed by atoms with van der Waals surface area (Å²) in [6.07, 6.45) is 12.5. The fourth-order valence-corrected chi connectivity index (χ4v) is 11.4. The highest BCUT2D eigenvalue weighted by atomic mass is 16.6. The Labute approximate surface area is 207 Å². The fourth-order valence-electron chi connectivity index (χ4n) is 11.4. The largest absolute Gasteiger partial charge is 0.393 e. The molecule has 2 N–H and O–H groups in total. The van der Waals surface area contributed by atoms with Crippen molar-refractivity contribution in [3.05, 3.63) is 0 Å². The molecule has 6 aliphatic rings. The molecule has 0 radical (unpaired) electrons. The Morgan fingerprint density at radius 3 is 2.38 bits per heavy atom. The van der Waals surface area contributed by atoms with Gasteiger partial charge in [-0.3, -0.25) is 0 Å². The highest BCUT2D eigenvalue weighted by Crippen LogP contribution is 2.87. The molecule has 4 nitrogen and oxygen atoms in total. The molecule has 0 bridgehead atoms. The van der Waals surface area contributed by atoms with E-state index < -0.39 is 5.60 Å². The molecule has 5 saturated carbocycles. The third-order valence-electron chi connectivity index (χ3n) is 13.0. The lowest BCUT2D eigenvalue weighted by atomic mass is 9.46. The molecule has 1 heterocycles. The minimum Gasteiger partial charge on any atom is -0.393 e. The highest BCUT2D eigenvalue weighted by Gasteiger charge is 2.80. The molecule has 0 aromatic carbocycles. The average Bonchev–Trinajstić information content (AvgIpc) is 3.34. The third kappa shape index (κ3) is 2.98. The Morgan fingerprint density at radius 1 is 0.941 bits per heavy atom. The zero-order valence-corrected chi connectivity index (χ0v) is 22.6. The first-order valence-corrected chi connectivity index (χ1v) is 14.6. The maximum absolute atomic E-state index is 10.9. The maximum Gasteiger partial charge on any atom is 0.112 e. The number of hydrogen-bond donors (Lipinski definition) is 2. The molecule has 6 rings (SSSR count). The molecule has 4 heteroatoms. The molecule has 1 aliphatic heterocycles. The van der Waals surface area contributed by atoms with Crippen LogP contribution in [-0.4, -0.2) is 46.8 Å². The average molecular weight is 475 g/mol. The first-order chi connectivity index (χ1) is 15.9. The van der Waals surface area contributed by atoms with Gasteiger partial charge >= 0.3 is 0 Å². The Hall–Kier alpha value is -0.160. The van der Waals surface area contributed by atoms with Crippen molar-refractivity contribution >= 4 is 0 Å².